The van der Waals surface area contributed by atoms with Gasteiger partial charge in [-0.15, -0.1) is 5.10 Å². The molecule has 6 heteroatoms. The Kier molecular flexibility index (Phi) is 4.19. The van der Waals surface area contributed by atoms with Crippen LogP contribution in [0.3, 0.4) is 0 Å². The maximum absolute atomic E-state index is 5.92. The van der Waals surface area contributed by atoms with Crippen LogP contribution in [0.15, 0.2) is 60.8 Å². The van der Waals surface area contributed by atoms with E-state index in [1.54, 1.807) is 0 Å². The number of halogens is 1. The summed E-state index contributed by atoms with van der Waals surface area (Å²) in [7, 11) is 0. The van der Waals surface area contributed by atoms with E-state index in [0.29, 0.717) is 13.2 Å². The Morgan fingerprint density at radius 2 is 1.88 bits per heavy atom. The van der Waals surface area contributed by atoms with E-state index < -0.39 is 0 Å². The first-order valence-corrected chi connectivity index (χ1v) is 8.25. The highest BCUT2D eigenvalue weighted by molar-refractivity contribution is 6.30. The Morgan fingerprint density at radius 3 is 2.67 bits per heavy atom. The Balaban J connectivity index is 1.52. The summed E-state index contributed by atoms with van der Waals surface area (Å²) in [5.74, 6) is 0. The number of rotatable bonds is 4. The van der Waals surface area contributed by atoms with Crippen LogP contribution < -0.4 is 4.90 Å². The van der Waals surface area contributed by atoms with E-state index in [9.17, 15) is 0 Å². The number of aromatic nitrogens is 3. The van der Waals surface area contributed by atoms with Crippen LogP contribution in [0.1, 0.15) is 17.5 Å². The van der Waals surface area contributed by atoms with Gasteiger partial charge in [-0.25, -0.2) is 4.68 Å². The largest absolute Gasteiger partial charge is 0.350 e. The minimum atomic E-state index is -0.189. The second kappa shape index (κ2) is 6.63. The molecule has 1 aliphatic heterocycles. The monoisotopic (exact) mass is 340 g/mol. The van der Waals surface area contributed by atoms with Crippen molar-refractivity contribution in [2.75, 3.05) is 18.1 Å². The summed E-state index contributed by atoms with van der Waals surface area (Å²) in [6.45, 7) is 2.19. The van der Waals surface area contributed by atoms with Crippen molar-refractivity contribution >= 4 is 17.3 Å². The van der Waals surface area contributed by atoms with E-state index in [1.165, 1.54) is 0 Å². The lowest BCUT2D eigenvalue weighted by Crippen LogP contribution is -2.23. The van der Waals surface area contributed by atoms with Crippen molar-refractivity contribution in [2.45, 2.75) is 12.8 Å². The topological polar surface area (TPSA) is 43.2 Å². The molecule has 122 valence electrons. The number of nitrogens with zero attached hydrogens (tertiary/aromatic N) is 4. The van der Waals surface area contributed by atoms with E-state index >= 15 is 0 Å². The number of hydrogen-bond donors (Lipinski definition) is 0. The van der Waals surface area contributed by atoms with Crippen molar-refractivity contribution in [3.8, 4) is 0 Å². The molecular weight excluding hydrogens is 324 g/mol. The first kappa shape index (κ1) is 15.2. The van der Waals surface area contributed by atoms with Gasteiger partial charge in [-0.05, 0) is 29.8 Å². The minimum absolute atomic E-state index is 0.189. The van der Waals surface area contributed by atoms with Crippen molar-refractivity contribution in [2.24, 2.45) is 0 Å². The number of hydrogen-bond acceptors (Lipinski definition) is 4. The molecular formula is C18H17ClN4O. The molecule has 5 nitrogen and oxygen atoms in total. The third kappa shape index (κ3) is 3.13. The molecule has 1 aromatic heterocycles. The zero-order valence-corrected chi connectivity index (χ0v) is 13.8. The molecule has 24 heavy (non-hydrogen) atoms. The van der Waals surface area contributed by atoms with Crippen LogP contribution in [0.5, 0.6) is 0 Å². The lowest BCUT2D eigenvalue weighted by molar-refractivity contribution is 0.110. The third-order valence-corrected chi connectivity index (χ3v) is 4.30. The molecule has 1 saturated heterocycles. The third-order valence-electron chi connectivity index (χ3n) is 4.05. The van der Waals surface area contributed by atoms with Gasteiger partial charge < -0.3 is 9.64 Å². The molecule has 0 amide bonds. The van der Waals surface area contributed by atoms with E-state index in [1.807, 2.05) is 53.3 Å². The fraction of sp³-hybridized carbons (Fsp3) is 0.222. The molecule has 1 atom stereocenters. The zero-order valence-electron chi connectivity index (χ0n) is 13.0. The molecule has 2 aromatic carbocycles. The lowest BCUT2D eigenvalue weighted by atomic mass is 10.2. The number of ether oxygens (including phenoxy) is 1. The van der Waals surface area contributed by atoms with E-state index in [2.05, 4.69) is 27.3 Å². The fourth-order valence-corrected chi connectivity index (χ4v) is 3.01. The molecule has 1 aliphatic rings. The van der Waals surface area contributed by atoms with Crippen LogP contribution >= 0.6 is 11.6 Å². The summed E-state index contributed by atoms with van der Waals surface area (Å²) in [4.78, 5) is 2.21. The molecule has 0 N–H and O–H groups in total. The van der Waals surface area contributed by atoms with Gasteiger partial charge in [-0.1, -0.05) is 47.1 Å². The molecule has 0 bridgehead atoms. The van der Waals surface area contributed by atoms with Crippen molar-refractivity contribution in [3.63, 3.8) is 0 Å². The minimum Gasteiger partial charge on any atom is -0.350 e. The standard InChI is InChI=1S/C18H17ClN4O/c19-15-8-6-14(7-9-15)12-22-13-17(20-21-22)18-23(10-11-24-18)16-4-2-1-3-5-16/h1-9,13,18H,10-12H2. The van der Waals surface area contributed by atoms with Gasteiger partial charge in [-0.3, -0.25) is 0 Å². The molecule has 0 radical (unpaired) electrons. The molecule has 0 aliphatic carbocycles. The van der Waals surface area contributed by atoms with Gasteiger partial charge in [0.25, 0.3) is 0 Å². The van der Waals surface area contributed by atoms with Gasteiger partial charge in [0.15, 0.2) is 6.23 Å². The predicted octanol–water partition coefficient (Wildman–Crippen LogP) is 3.52. The second-order valence-electron chi connectivity index (χ2n) is 5.72. The molecule has 0 spiro atoms. The zero-order chi connectivity index (χ0) is 16.4. The van der Waals surface area contributed by atoms with E-state index in [0.717, 1.165) is 28.5 Å². The normalized spacial score (nSPS) is 17.4. The van der Waals surface area contributed by atoms with E-state index in [-0.39, 0.29) is 6.23 Å². The second-order valence-corrected chi connectivity index (χ2v) is 6.16. The van der Waals surface area contributed by atoms with E-state index in [4.69, 9.17) is 16.3 Å². The number of benzene rings is 2. The molecule has 2 heterocycles. The molecule has 4 rings (SSSR count). The quantitative estimate of drug-likeness (QED) is 0.729. The van der Waals surface area contributed by atoms with Crippen molar-refractivity contribution in [3.05, 3.63) is 77.1 Å². The summed E-state index contributed by atoms with van der Waals surface area (Å²) in [6, 6.07) is 18.0. The van der Waals surface area contributed by atoms with Gasteiger partial charge in [0.05, 0.1) is 19.3 Å². The van der Waals surface area contributed by atoms with Crippen LogP contribution in [0, 0.1) is 0 Å². The Bertz CT molecular complexity index is 803. The Hall–Kier alpha value is -2.37. The van der Waals surface area contributed by atoms with Crippen LogP contribution in [0.25, 0.3) is 0 Å². The Labute approximate surface area is 145 Å². The van der Waals surface area contributed by atoms with Crippen molar-refractivity contribution in [1.29, 1.82) is 0 Å². The van der Waals surface area contributed by atoms with Gasteiger partial charge in [0, 0.05) is 17.3 Å². The smallest absolute Gasteiger partial charge is 0.177 e. The first-order chi connectivity index (χ1) is 11.8. The summed E-state index contributed by atoms with van der Waals surface area (Å²) in [5.41, 5.74) is 3.08. The van der Waals surface area contributed by atoms with Crippen LogP contribution in [0.4, 0.5) is 5.69 Å². The van der Waals surface area contributed by atoms with Crippen LogP contribution in [-0.4, -0.2) is 28.1 Å². The molecule has 0 saturated carbocycles. The van der Waals surface area contributed by atoms with Crippen LogP contribution in [0.2, 0.25) is 5.02 Å². The predicted molar refractivity (Wildman–Crippen MR) is 93.1 cm³/mol. The molecule has 1 fully saturated rings. The summed E-state index contributed by atoms with van der Waals surface area (Å²) in [6.07, 6.45) is 1.76. The number of anilines is 1. The number of para-hydroxylation sites is 1. The maximum atomic E-state index is 5.92. The summed E-state index contributed by atoms with van der Waals surface area (Å²) < 4.78 is 7.70. The van der Waals surface area contributed by atoms with Crippen molar-refractivity contribution < 1.29 is 4.74 Å². The maximum Gasteiger partial charge on any atom is 0.177 e. The Morgan fingerprint density at radius 1 is 1.08 bits per heavy atom. The SMILES string of the molecule is Clc1ccc(Cn2cc(C3OCCN3c3ccccc3)nn2)cc1. The van der Waals surface area contributed by atoms with Crippen molar-refractivity contribution in [1.82, 2.24) is 15.0 Å². The highest BCUT2D eigenvalue weighted by Gasteiger charge is 2.29. The summed E-state index contributed by atoms with van der Waals surface area (Å²) in [5, 5.41) is 9.27. The van der Waals surface area contributed by atoms with Crippen LogP contribution in [-0.2, 0) is 11.3 Å². The molecule has 3 aromatic rings. The highest BCUT2D eigenvalue weighted by atomic mass is 35.5. The van der Waals surface area contributed by atoms with Gasteiger partial charge >= 0.3 is 0 Å². The highest BCUT2D eigenvalue weighted by Crippen LogP contribution is 2.30. The molecule has 1 unspecified atom stereocenters. The average molecular weight is 341 g/mol. The van der Waals surface area contributed by atoms with Gasteiger partial charge in [0.2, 0.25) is 0 Å². The fourth-order valence-electron chi connectivity index (χ4n) is 2.88. The van der Waals surface area contributed by atoms with Gasteiger partial charge in [0.1, 0.15) is 5.69 Å². The van der Waals surface area contributed by atoms with Gasteiger partial charge in [-0.2, -0.15) is 0 Å². The first-order valence-electron chi connectivity index (χ1n) is 7.87. The summed E-state index contributed by atoms with van der Waals surface area (Å²) >= 11 is 5.92. The lowest BCUT2D eigenvalue weighted by Gasteiger charge is -2.23. The average Bonchev–Trinajstić information content (AvgIpc) is 3.27.